The van der Waals surface area contributed by atoms with Crippen LogP contribution in [-0.4, -0.2) is 36.4 Å². The van der Waals surface area contributed by atoms with Gasteiger partial charge in [0.2, 0.25) is 0 Å². The molecule has 0 radical (unpaired) electrons. The van der Waals surface area contributed by atoms with E-state index in [1.54, 1.807) is 6.07 Å². The SMILES string of the molecule is Cc1ccc(C(=O)NC(C)C2CCCO2)c(C#CCO)c1. The quantitative estimate of drug-likeness (QED) is 0.831. The molecular formula is C17H21NO3. The molecule has 2 rings (SSSR count). The van der Waals surface area contributed by atoms with Crippen molar-refractivity contribution in [3.05, 3.63) is 34.9 Å². The molecule has 1 saturated heterocycles. The number of aliphatic hydroxyl groups excluding tert-OH is 1. The summed E-state index contributed by atoms with van der Waals surface area (Å²) >= 11 is 0. The fraction of sp³-hybridized carbons (Fsp3) is 0.471. The Hall–Kier alpha value is -1.83. The number of aryl methyl sites for hydroxylation is 1. The third-order valence-electron chi connectivity index (χ3n) is 3.60. The molecule has 1 fully saturated rings. The minimum Gasteiger partial charge on any atom is -0.384 e. The molecule has 1 aliphatic rings. The van der Waals surface area contributed by atoms with Crippen molar-refractivity contribution in [2.75, 3.05) is 13.2 Å². The number of hydrogen-bond donors (Lipinski definition) is 2. The van der Waals surface area contributed by atoms with Gasteiger partial charge in [0, 0.05) is 12.2 Å². The number of carbonyl (C=O) groups excluding carboxylic acids is 1. The Kier molecular flexibility index (Phi) is 5.38. The lowest BCUT2D eigenvalue weighted by Crippen LogP contribution is -2.41. The molecule has 1 aliphatic heterocycles. The zero-order valence-electron chi connectivity index (χ0n) is 12.5. The van der Waals surface area contributed by atoms with E-state index in [1.165, 1.54) is 0 Å². The van der Waals surface area contributed by atoms with Crippen LogP contribution in [0.4, 0.5) is 0 Å². The number of benzene rings is 1. The molecule has 1 amide bonds. The second-order valence-electron chi connectivity index (χ2n) is 5.32. The van der Waals surface area contributed by atoms with Gasteiger partial charge >= 0.3 is 0 Å². The lowest BCUT2D eigenvalue weighted by Gasteiger charge is -2.20. The highest BCUT2D eigenvalue weighted by Gasteiger charge is 2.24. The second kappa shape index (κ2) is 7.26. The van der Waals surface area contributed by atoms with Crippen LogP contribution < -0.4 is 5.32 Å². The molecule has 0 aromatic heterocycles. The third kappa shape index (κ3) is 4.07. The van der Waals surface area contributed by atoms with E-state index in [0.717, 1.165) is 25.0 Å². The first-order chi connectivity index (χ1) is 10.1. The van der Waals surface area contributed by atoms with Crippen LogP contribution in [-0.2, 0) is 4.74 Å². The molecule has 21 heavy (non-hydrogen) atoms. The summed E-state index contributed by atoms with van der Waals surface area (Å²) in [4.78, 5) is 12.4. The number of rotatable bonds is 3. The van der Waals surface area contributed by atoms with Crippen LogP contribution in [0.25, 0.3) is 0 Å². The third-order valence-corrected chi connectivity index (χ3v) is 3.60. The van der Waals surface area contributed by atoms with Gasteiger partial charge < -0.3 is 15.2 Å². The molecule has 0 aliphatic carbocycles. The van der Waals surface area contributed by atoms with E-state index in [0.29, 0.717) is 11.1 Å². The van der Waals surface area contributed by atoms with Crippen LogP contribution >= 0.6 is 0 Å². The number of aliphatic hydroxyl groups is 1. The van der Waals surface area contributed by atoms with Crippen molar-refractivity contribution in [2.24, 2.45) is 0 Å². The molecule has 1 aromatic carbocycles. The van der Waals surface area contributed by atoms with E-state index in [2.05, 4.69) is 17.2 Å². The van der Waals surface area contributed by atoms with E-state index in [9.17, 15) is 4.79 Å². The van der Waals surface area contributed by atoms with Crippen molar-refractivity contribution >= 4 is 5.91 Å². The number of ether oxygens (including phenoxy) is 1. The summed E-state index contributed by atoms with van der Waals surface area (Å²) in [5, 5.41) is 11.8. The van der Waals surface area contributed by atoms with Crippen LogP contribution in [0.3, 0.4) is 0 Å². The number of amides is 1. The van der Waals surface area contributed by atoms with Crippen molar-refractivity contribution in [3.63, 3.8) is 0 Å². The van der Waals surface area contributed by atoms with Crippen LogP contribution in [0.2, 0.25) is 0 Å². The van der Waals surface area contributed by atoms with Gasteiger partial charge in [-0.2, -0.15) is 0 Å². The van der Waals surface area contributed by atoms with E-state index in [-0.39, 0.29) is 24.7 Å². The minimum absolute atomic E-state index is 0.0278. The fourth-order valence-electron chi connectivity index (χ4n) is 2.47. The molecule has 1 heterocycles. The van der Waals surface area contributed by atoms with Gasteiger partial charge in [-0.05, 0) is 44.4 Å². The summed E-state index contributed by atoms with van der Waals surface area (Å²) in [5.74, 6) is 5.28. The maximum atomic E-state index is 12.4. The molecule has 112 valence electrons. The minimum atomic E-state index is -0.221. The Labute approximate surface area is 125 Å². The first-order valence-electron chi connectivity index (χ1n) is 7.24. The van der Waals surface area contributed by atoms with Gasteiger partial charge in [0.1, 0.15) is 6.61 Å². The lowest BCUT2D eigenvalue weighted by molar-refractivity contribution is 0.0712. The van der Waals surface area contributed by atoms with Gasteiger partial charge in [0.25, 0.3) is 5.91 Å². The monoisotopic (exact) mass is 287 g/mol. The Morgan fingerprint density at radius 1 is 1.57 bits per heavy atom. The van der Waals surface area contributed by atoms with Crippen molar-refractivity contribution in [2.45, 2.75) is 38.8 Å². The smallest absolute Gasteiger partial charge is 0.252 e. The zero-order valence-corrected chi connectivity index (χ0v) is 12.5. The molecule has 0 spiro atoms. The predicted octanol–water partition coefficient (Wildman–Crippen LogP) is 1.64. The summed E-state index contributed by atoms with van der Waals surface area (Å²) in [6, 6.07) is 5.48. The Morgan fingerprint density at radius 3 is 3.05 bits per heavy atom. The Bertz CT molecular complexity index is 565. The summed E-state index contributed by atoms with van der Waals surface area (Å²) in [6.07, 6.45) is 2.11. The summed E-state index contributed by atoms with van der Waals surface area (Å²) in [5.41, 5.74) is 2.20. The molecular weight excluding hydrogens is 266 g/mol. The van der Waals surface area contributed by atoms with Gasteiger partial charge in [-0.1, -0.05) is 17.9 Å². The van der Waals surface area contributed by atoms with E-state index in [1.807, 2.05) is 26.0 Å². The standard InChI is InChI=1S/C17H21NO3/c1-12-7-8-15(14(11-12)5-3-9-19)17(20)18-13(2)16-6-4-10-21-16/h7-8,11,13,16,19H,4,6,9-10H2,1-2H3,(H,18,20). The number of hydrogen-bond acceptors (Lipinski definition) is 3. The Morgan fingerprint density at radius 2 is 2.38 bits per heavy atom. The molecule has 4 nitrogen and oxygen atoms in total. The molecule has 0 saturated carbocycles. The largest absolute Gasteiger partial charge is 0.384 e. The first kappa shape index (κ1) is 15.6. The number of carbonyl (C=O) groups is 1. The van der Waals surface area contributed by atoms with Gasteiger partial charge in [-0.25, -0.2) is 0 Å². The van der Waals surface area contributed by atoms with Crippen LogP contribution in [0.15, 0.2) is 18.2 Å². The topological polar surface area (TPSA) is 58.6 Å². The first-order valence-corrected chi connectivity index (χ1v) is 7.24. The summed E-state index contributed by atoms with van der Waals surface area (Å²) in [6.45, 7) is 4.45. The highest BCUT2D eigenvalue weighted by atomic mass is 16.5. The molecule has 2 unspecified atom stereocenters. The predicted molar refractivity (Wildman–Crippen MR) is 81.0 cm³/mol. The van der Waals surface area contributed by atoms with Crippen LogP contribution in [0.5, 0.6) is 0 Å². The van der Waals surface area contributed by atoms with Crippen molar-refractivity contribution in [1.82, 2.24) is 5.32 Å². The van der Waals surface area contributed by atoms with E-state index >= 15 is 0 Å². The maximum Gasteiger partial charge on any atom is 0.252 e. The van der Waals surface area contributed by atoms with Gasteiger partial charge in [-0.3, -0.25) is 4.79 Å². The highest BCUT2D eigenvalue weighted by molar-refractivity contribution is 5.97. The summed E-state index contributed by atoms with van der Waals surface area (Å²) < 4.78 is 5.59. The molecule has 2 atom stereocenters. The fourth-order valence-corrected chi connectivity index (χ4v) is 2.47. The maximum absolute atomic E-state index is 12.4. The molecule has 4 heteroatoms. The van der Waals surface area contributed by atoms with E-state index in [4.69, 9.17) is 9.84 Å². The molecule has 1 aromatic rings. The molecule has 0 bridgehead atoms. The van der Waals surface area contributed by atoms with Crippen LogP contribution in [0.1, 0.15) is 41.3 Å². The van der Waals surface area contributed by atoms with Gasteiger partial charge in [-0.15, -0.1) is 0 Å². The lowest BCUT2D eigenvalue weighted by atomic mass is 10.0. The zero-order chi connectivity index (χ0) is 15.2. The van der Waals surface area contributed by atoms with E-state index < -0.39 is 0 Å². The molecule has 2 N–H and O–H groups in total. The van der Waals surface area contributed by atoms with Gasteiger partial charge in [0.05, 0.1) is 17.7 Å². The summed E-state index contributed by atoms with van der Waals surface area (Å²) in [7, 11) is 0. The van der Waals surface area contributed by atoms with Gasteiger partial charge in [0.15, 0.2) is 0 Å². The average Bonchev–Trinajstić information content (AvgIpc) is 2.99. The highest BCUT2D eigenvalue weighted by Crippen LogP contribution is 2.17. The second-order valence-corrected chi connectivity index (χ2v) is 5.32. The van der Waals surface area contributed by atoms with Crippen LogP contribution in [0, 0.1) is 18.8 Å². The van der Waals surface area contributed by atoms with Crippen molar-refractivity contribution < 1.29 is 14.6 Å². The normalized spacial score (nSPS) is 18.7. The van der Waals surface area contributed by atoms with Crippen molar-refractivity contribution in [3.8, 4) is 11.8 Å². The Balaban J connectivity index is 2.14. The number of nitrogens with one attached hydrogen (secondary N) is 1. The van der Waals surface area contributed by atoms with Crippen molar-refractivity contribution in [1.29, 1.82) is 0 Å². The average molecular weight is 287 g/mol.